The molecule has 0 bridgehead atoms. The van der Waals surface area contributed by atoms with Gasteiger partial charge in [-0.3, -0.25) is 0 Å². The molecule has 1 aliphatic heterocycles. The number of nitrogens with zero attached hydrogens (tertiary/aromatic N) is 2. The fraction of sp³-hybridized carbons (Fsp3) is 0.562. The van der Waals surface area contributed by atoms with E-state index < -0.39 is 0 Å². The number of anilines is 1. The lowest BCUT2D eigenvalue weighted by Gasteiger charge is -2.26. The first-order valence-electron chi connectivity index (χ1n) is 7.58. The van der Waals surface area contributed by atoms with Crippen LogP contribution in [0, 0.1) is 0 Å². The molecule has 1 N–H and O–H groups in total. The van der Waals surface area contributed by atoms with Crippen LogP contribution in [0.5, 0.6) is 0 Å². The third-order valence-corrected chi connectivity index (χ3v) is 4.53. The minimum atomic E-state index is 0.624. The van der Waals surface area contributed by atoms with Crippen LogP contribution in [0.2, 0.25) is 0 Å². The average Bonchev–Trinajstić information content (AvgIpc) is 3.10. The Balaban J connectivity index is 1.67. The smallest absolute Gasteiger partial charge is 0.169 e. The molecule has 2 aliphatic rings. The van der Waals surface area contributed by atoms with Crippen LogP contribution in [0.1, 0.15) is 31.2 Å². The summed E-state index contributed by atoms with van der Waals surface area (Å²) >= 11 is 5.47. The van der Waals surface area contributed by atoms with Crippen molar-refractivity contribution >= 4 is 23.0 Å². The quantitative estimate of drug-likeness (QED) is 0.859. The van der Waals surface area contributed by atoms with E-state index in [1.165, 1.54) is 50.0 Å². The minimum absolute atomic E-state index is 0.624. The molecular formula is C16H23N3S. The Morgan fingerprint density at radius 2 is 2.00 bits per heavy atom. The van der Waals surface area contributed by atoms with Crippen molar-refractivity contribution < 1.29 is 0 Å². The SMILES string of the molecule is CN(Cc1ccccc1N1CCCC1)C(=S)NC1CC1. The molecule has 1 heterocycles. The van der Waals surface area contributed by atoms with Crippen LogP contribution in [0.15, 0.2) is 24.3 Å². The Morgan fingerprint density at radius 3 is 2.70 bits per heavy atom. The summed E-state index contributed by atoms with van der Waals surface area (Å²) < 4.78 is 0. The number of hydrogen-bond donors (Lipinski definition) is 1. The highest BCUT2D eigenvalue weighted by molar-refractivity contribution is 7.80. The van der Waals surface area contributed by atoms with Crippen LogP contribution in [0.25, 0.3) is 0 Å². The molecule has 3 nitrogen and oxygen atoms in total. The van der Waals surface area contributed by atoms with E-state index in [1.807, 2.05) is 0 Å². The molecule has 1 aromatic rings. The Hall–Kier alpha value is -1.29. The number of thiocarbonyl (C=S) groups is 1. The molecule has 0 unspecified atom stereocenters. The normalized spacial score (nSPS) is 18.1. The van der Waals surface area contributed by atoms with E-state index in [9.17, 15) is 0 Å². The summed E-state index contributed by atoms with van der Waals surface area (Å²) in [5.41, 5.74) is 2.75. The lowest BCUT2D eigenvalue weighted by atomic mass is 10.1. The van der Waals surface area contributed by atoms with Gasteiger partial charge < -0.3 is 15.1 Å². The van der Waals surface area contributed by atoms with Crippen molar-refractivity contribution in [1.82, 2.24) is 10.2 Å². The van der Waals surface area contributed by atoms with Gasteiger partial charge >= 0.3 is 0 Å². The molecule has 0 spiro atoms. The van der Waals surface area contributed by atoms with Gasteiger partial charge in [0.25, 0.3) is 0 Å². The summed E-state index contributed by atoms with van der Waals surface area (Å²) in [5.74, 6) is 0. The maximum absolute atomic E-state index is 5.47. The Morgan fingerprint density at radius 1 is 1.30 bits per heavy atom. The highest BCUT2D eigenvalue weighted by atomic mass is 32.1. The molecule has 108 valence electrons. The highest BCUT2D eigenvalue weighted by Crippen LogP contribution is 2.25. The van der Waals surface area contributed by atoms with Crippen molar-refractivity contribution in [2.75, 3.05) is 25.0 Å². The van der Waals surface area contributed by atoms with Gasteiger partial charge in [0.05, 0.1) is 0 Å². The molecule has 1 saturated heterocycles. The number of para-hydroxylation sites is 1. The van der Waals surface area contributed by atoms with Crippen molar-refractivity contribution in [2.24, 2.45) is 0 Å². The third kappa shape index (κ3) is 3.23. The van der Waals surface area contributed by atoms with Crippen LogP contribution in [-0.4, -0.2) is 36.2 Å². The van der Waals surface area contributed by atoms with E-state index in [-0.39, 0.29) is 0 Å². The van der Waals surface area contributed by atoms with Gasteiger partial charge in [0.15, 0.2) is 5.11 Å². The molecule has 1 aliphatic carbocycles. The van der Waals surface area contributed by atoms with Crippen LogP contribution in [-0.2, 0) is 6.54 Å². The molecule has 0 atom stereocenters. The molecule has 4 heteroatoms. The molecule has 0 aromatic heterocycles. The van der Waals surface area contributed by atoms with Crippen LogP contribution in [0.3, 0.4) is 0 Å². The Kier molecular flexibility index (Phi) is 4.10. The number of nitrogens with one attached hydrogen (secondary N) is 1. The zero-order chi connectivity index (χ0) is 13.9. The van der Waals surface area contributed by atoms with E-state index in [4.69, 9.17) is 12.2 Å². The zero-order valence-corrected chi connectivity index (χ0v) is 13.0. The fourth-order valence-corrected chi connectivity index (χ4v) is 2.98. The summed E-state index contributed by atoms with van der Waals surface area (Å²) in [6.45, 7) is 3.25. The molecule has 1 saturated carbocycles. The summed E-state index contributed by atoms with van der Waals surface area (Å²) in [4.78, 5) is 4.66. The van der Waals surface area contributed by atoms with Gasteiger partial charge in [0, 0.05) is 38.4 Å². The van der Waals surface area contributed by atoms with Gasteiger partial charge in [0.1, 0.15) is 0 Å². The maximum Gasteiger partial charge on any atom is 0.169 e. The molecule has 3 rings (SSSR count). The topological polar surface area (TPSA) is 18.5 Å². The van der Waals surface area contributed by atoms with E-state index in [0.29, 0.717) is 6.04 Å². The van der Waals surface area contributed by atoms with E-state index in [0.717, 1.165) is 11.7 Å². The predicted molar refractivity (Wildman–Crippen MR) is 88.1 cm³/mol. The number of hydrogen-bond acceptors (Lipinski definition) is 2. The molecule has 1 aromatic carbocycles. The van der Waals surface area contributed by atoms with Crippen molar-refractivity contribution in [3.8, 4) is 0 Å². The monoisotopic (exact) mass is 289 g/mol. The molecule has 2 fully saturated rings. The lowest BCUT2D eigenvalue weighted by Crippen LogP contribution is -2.38. The molecular weight excluding hydrogens is 266 g/mol. The fourth-order valence-electron chi connectivity index (χ4n) is 2.75. The molecule has 0 radical (unpaired) electrons. The first kappa shape index (κ1) is 13.7. The third-order valence-electron chi connectivity index (χ3n) is 4.10. The Labute approximate surface area is 126 Å². The standard InChI is InChI=1S/C16H23N3S/c1-18(16(20)17-14-8-9-14)12-13-6-2-3-7-15(13)19-10-4-5-11-19/h2-3,6-7,14H,4-5,8-12H2,1H3,(H,17,20). The second-order valence-corrected chi connectivity index (χ2v) is 6.29. The van der Waals surface area contributed by atoms with Gasteiger partial charge in [0.2, 0.25) is 0 Å². The second kappa shape index (κ2) is 6.00. The average molecular weight is 289 g/mol. The van der Waals surface area contributed by atoms with Crippen LogP contribution < -0.4 is 10.2 Å². The minimum Gasteiger partial charge on any atom is -0.371 e. The van der Waals surface area contributed by atoms with Crippen LogP contribution >= 0.6 is 12.2 Å². The van der Waals surface area contributed by atoms with Gasteiger partial charge in [-0.1, -0.05) is 18.2 Å². The lowest BCUT2D eigenvalue weighted by molar-refractivity contribution is 0.488. The van der Waals surface area contributed by atoms with E-state index >= 15 is 0 Å². The van der Waals surface area contributed by atoms with E-state index in [2.05, 4.69) is 46.4 Å². The summed E-state index contributed by atoms with van der Waals surface area (Å²) in [7, 11) is 2.08. The Bertz CT molecular complexity index is 478. The zero-order valence-electron chi connectivity index (χ0n) is 12.1. The van der Waals surface area contributed by atoms with Gasteiger partial charge in [-0.15, -0.1) is 0 Å². The van der Waals surface area contributed by atoms with Crippen molar-refractivity contribution in [3.63, 3.8) is 0 Å². The molecule has 20 heavy (non-hydrogen) atoms. The first-order valence-corrected chi connectivity index (χ1v) is 7.99. The van der Waals surface area contributed by atoms with Crippen molar-refractivity contribution in [3.05, 3.63) is 29.8 Å². The van der Waals surface area contributed by atoms with Crippen molar-refractivity contribution in [1.29, 1.82) is 0 Å². The second-order valence-electron chi connectivity index (χ2n) is 5.90. The summed E-state index contributed by atoms with van der Waals surface area (Å²) in [6.07, 6.45) is 5.15. The summed E-state index contributed by atoms with van der Waals surface area (Å²) in [5, 5.41) is 4.29. The predicted octanol–water partition coefficient (Wildman–Crippen LogP) is 2.76. The van der Waals surface area contributed by atoms with Crippen molar-refractivity contribution in [2.45, 2.75) is 38.3 Å². The number of benzene rings is 1. The molecule has 0 amide bonds. The van der Waals surface area contributed by atoms with Gasteiger partial charge in [-0.25, -0.2) is 0 Å². The maximum atomic E-state index is 5.47. The van der Waals surface area contributed by atoms with Gasteiger partial charge in [-0.2, -0.15) is 0 Å². The van der Waals surface area contributed by atoms with Crippen LogP contribution in [0.4, 0.5) is 5.69 Å². The summed E-state index contributed by atoms with van der Waals surface area (Å²) in [6, 6.07) is 9.35. The highest BCUT2D eigenvalue weighted by Gasteiger charge is 2.23. The van der Waals surface area contributed by atoms with Gasteiger partial charge in [-0.05, 0) is 49.5 Å². The number of rotatable bonds is 4. The van der Waals surface area contributed by atoms with E-state index in [1.54, 1.807) is 0 Å². The first-order chi connectivity index (χ1) is 9.74. The largest absolute Gasteiger partial charge is 0.371 e.